The van der Waals surface area contributed by atoms with Gasteiger partial charge in [-0.2, -0.15) is 5.10 Å². The lowest BCUT2D eigenvalue weighted by molar-refractivity contribution is 0.409. The molecule has 1 N–H and O–H groups in total. The zero-order valence-corrected chi connectivity index (χ0v) is 12.1. The van der Waals surface area contributed by atoms with Crippen LogP contribution in [0.1, 0.15) is 30.6 Å². The van der Waals surface area contributed by atoms with Crippen LogP contribution < -0.4 is 10.1 Å². The van der Waals surface area contributed by atoms with Crippen molar-refractivity contribution in [1.82, 2.24) is 15.1 Å². The Kier molecular flexibility index (Phi) is 4.74. The van der Waals surface area contributed by atoms with E-state index in [1.54, 1.807) is 16.8 Å². The van der Waals surface area contributed by atoms with Crippen LogP contribution in [0.25, 0.3) is 0 Å². The van der Waals surface area contributed by atoms with Crippen molar-refractivity contribution in [3.63, 3.8) is 0 Å². The van der Waals surface area contributed by atoms with Gasteiger partial charge in [-0.05, 0) is 25.1 Å². The molecule has 0 radical (unpaired) electrons. The lowest BCUT2D eigenvalue weighted by atomic mass is 10.0. The molecule has 1 atom stereocenters. The van der Waals surface area contributed by atoms with Crippen LogP contribution in [0.2, 0.25) is 0 Å². The Morgan fingerprint density at radius 3 is 2.75 bits per heavy atom. The fraction of sp³-hybridized carbons (Fsp3) is 0.400. The normalized spacial score (nSPS) is 12.4. The number of rotatable bonds is 6. The number of nitrogens with one attached hydrogen (secondary N) is 1. The van der Waals surface area contributed by atoms with Gasteiger partial charge in [0, 0.05) is 24.9 Å². The molecule has 0 aliphatic rings. The summed E-state index contributed by atoms with van der Waals surface area (Å²) < 4.78 is 21.0. The van der Waals surface area contributed by atoms with Crippen LogP contribution in [0.3, 0.4) is 0 Å². The molecule has 0 spiro atoms. The van der Waals surface area contributed by atoms with Crippen molar-refractivity contribution >= 4 is 0 Å². The zero-order chi connectivity index (χ0) is 14.5. The summed E-state index contributed by atoms with van der Waals surface area (Å²) in [4.78, 5) is 0. The van der Waals surface area contributed by atoms with Gasteiger partial charge in [0.1, 0.15) is 11.6 Å². The number of hydrogen-bond acceptors (Lipinski definition) is 3. The molecule has 0 saturated heterocycles. The van der Waals surface area contributed by atoms with Gasteiger partial charge in [0.05, 0.1) is 18.8 Å². The van der Waals surface area contributed by atoms with E-state index in [1.807, 2.05) is 19.3 Å². The molecule has 20 heavy (non-hydrogen) atoms. The number of nitrogens with zero attached hydrogens (tertiary/aromatic N) is 2. The van der Waals surface area contributed by atoms with Crippen molar-refractivity contribution < 1.29 is 9.13 Å². The second-order valence-corrected chi connectivity index (χ2v) is 4.69. The predicted molar refractivity (Wildman–Crippen MR) is 76.3 cm³/mol. The number of aromatic nitrogens is 2. The van der Waals surface area contributed by atoms with Gasteiger partial charge in [0.2, 0.25) is 0 Å². The Bertz CT molecular complexity index is 568. The van der Waals surface area contributed by atoms with Crippen molar-refractivity contribution in [2.24, 2.45) is 7.05 Å². The Hall–Kier alpha value is -1.88. The highest BCUT2D eigenvalue weighted by molar-refractivity contribution is 5.34. The van der Waals surface area contributed by atoms with Crippen LogP contribution in [0.15, 0.2) is 30.5 Å². The summed E-state index contributed by atoms with van der Waals surface area (Å²) in [6, 6.07) is 6.57. The molecule has 2 aromatic rings. The Morgan fingerprint density at radius 2 is 2.20 bits per heavy atom. The van der Waals surface area contributed by atoms with E-state index >= 15 is 0 Å². The molecule has 1 aromatic heterocycles. The highest BCUT2D eigenvalue weighted by Crippen LogP contribution is 2.26. The molecular weight excluding hydrogens is 257 g/mol. The van der Waals surface area contributed by atoms with E-state index in [0.29, 0.717) is 11.3 Å². The SMILES string of the molecule is CCCNC(c1ccn(C)n1)c1ccc(OC)cc1F. The molecule has 0 amide bonds. The summed E-state index contributed by atoms with van der Waals surface area (Å²) in [6.07, 6.45) is 2.83. The number of halogens is 1. The largest absolute Gasteiger partial charge is 0.497 e. The number of benzene rings is 1. The summed E-state index contributed by atoms with van der Waals surface area (Å²) in [6.45, 7) is 2.87. The smallest absolute Gasteiger partial charge is 0.132 e. The van der Waals surface area contributed by atoms with E-state index in [1.165, 1.54) is 13.2 Å². The Balaban J connectivity index is 2.35. The zero-order valence-electron chi connectivity index (χ0n) is 12.1. The van der Waals surface area contributed by atoms with E-state index in [4.69, 9.17) is 4.74 Å². The van der Waals surface area contributed by atoms with Gasteiger partial charge < -0.3 is 10.1 Å². The predicted octanol–water partition coefficient (Wildman–Crippen LogP) is 2.66. The van der Waals surface area contributed by atoms with Gasteiger partial charge in [-0.1, -0.05) is 13.0 Å². The topological polar surface area (TPSA) is 39.1 Å². The summed E-state index contributed by atoms with van der Waals surface area (Å²) in [7, 11) is 3.38. The minimum atomic E-state index is -0.288. The van der Waals surface area contributed by atoms with Crippen molar-refractivity contribution in [2.75, 3.05) is 13.7 Å². The number of aryl methyl sites for hydroxylation is 1. The molecule has 2 rings (SSSR count). The van der Waals surface area contributed by atoms with Gasteiger partial charge in [-0.15, -0.1) is 0 Å². The van der Waals surface area contributed by atoms with Gasteiger partial charge in [-0.3, -0.25) is 4.68 Å². The summed E-state index contributed by atoms with van der Waals surface area (Å²) in [5.41, 5.74) is 1.39. The van der Waals surface area contributed by atoms with Crippen molar-refractivity contribution in [2.45, 2.75) is 19.4 Å². The maximum Gasteiger partial charge on any atom is 0.132 e. The third kappa shape index (κ3) is 3.17. The van der Waals surface area contributed by atoms with Crippen molar-refractivity contribution in [1.29, 1.82) is 0 Å². The maximum absolute atomic E-state index is 14.3. The van der Waals surface area contributed by atoms with Gasteiger partial charge >= 0.3 is 0 Å². The van der Waals surface area contributed by atoms with Crippen molar-refractivity contribution in [3.8, 4) is 5.75 Å². The standard InChI is InChI=1S/C15H20FN3O/c1-4-8-17-15(14-7-9-19(2)18-14)12-6-5-11(20-3)10-13(12)16/h5-7,9-10,15,17H,4,8H2,1-3H3. The first kappa shape index (κ1) is 14.5. The second-order valence-electron chi connectivity index (χ2n) is 4.69. The number of hydrogen-bond donors (Lipinski definition) is 1. The molecule has 0 aliphatic carbocycles. The van der Waals surface area contributed by atoms with E-state index in [2.05, 4.69) is 17.3 Å². The van der Waals surface area contributed by atoms with Gasteiger partial charge in [0.25, 0.3) is 0 Å². The maximum atomic E-state index is 14.3. The van der Waals surface area contributed by atoms with E-state index in [0.717, 1.165) is 18.7 Å². The van der Waals surface area contributed by atoms with Crippen LogP contribution in [0.4, 0.5) is 4.39 Å². The van der Waals surface area contributed by atoms with Crippen LogP contribution in [-0.2, 0) is 7.05 Å². The molecule has 0 bridgehead atoms. The van der Waals surface area contributed by atoms with Gasteiger partial charge in [-0.25, -0.2) is 4.39 Å². The molecule has 1 unspecified atom stereocenters. The fourth-order valence-corrected chi connectivity index (χ4v) is 2.12. The van der Waals surface area contributed by atoms with Crippen LogP contribution in [-0.4, -0.2) is 23.4 Å². The number of methoxy groups -OCH3 is 1. The fourth-order valence-electron chi connectivity index (χ4n) is 2.12. The van der Waals surface area contributed by atoms with E-state index < -0.39 is 0 Å². The quantitative estimate of drug-likeness (QED) is 0.882. The molecule has 0 saturated carbocycles. The average Bonchev–Trinajstić information content (AvgIpc) is 2.87. The van der Waals surface area contributed by atoms with Gasteiger partial charge in [0.15, 0.2) is 0 Å². The van der Waals surface area contributed by atoms with E-state index in [-0.39, 0.29) is 11.9 Å². The first-order chi connectivity index (χ1) is 9.65. The molecule has 0 fully saturated rings. The highest BCUT2D eigenvalue weighted by Gasteiger charge is 2.19. The minimum Gasteiger partial charge on any atom is -0.497 e. The molecule has 1 heterocycles. The molecule has 108 valence electrons. The van der Waals surface area contributed by atoms with Crippen LogP contribution in [0.5, 0.6) is 5.75 Å². The molecule has 1 aromatic carbocycles. The van der Waals surface area contributed by atoms with Crippen LogP contribution in [0, 0.1) is 5.82 Å². The van der Waals surface area contributed by atoms with Crippen molar-refractivity contribution in [3.05, 3.63) is 47.5 Å². The molecule has 4 nitrogen and oxygen atoms in total. The minimum absolute atomic E-state index is 0.248. The summed E-state index contributed by atoms with van der Waals surface area (Å²) in [5, 5.41) is 7.72. The summed E-state index contributed by atoms with van der Waals surface area (Å²) >= 11 is 0. The lowest BCUT2D eigenvalue weighted by Crippen LogP contribution is -2.24. The first-order valence-corrected chi connectivity index (χ1v) is 6.72. The average molecular weight is 277 g/mol. The molecular formula is C15H20FN3O. The Morgan fingerprint density at radius 1 is 1.40 bits per heavy atom. The third-order valence-electron chi connectivity index (χ3n) is 3.15. The van der Waals surface area contributed by atoms with E-state index in [9.17, 15) is 4.39 Å². The van der Waals surface area contributed by atoms with Crippen LogP contribution >= 0.6 is 0 Å². The highest BCUT2D eigenvalue weighted by atomic mass is 19.1. The third-order valence-corrected chi connectivity index (χ3v) is 3.15. The molecule has 0 aliphatic heterocycles. The summed E-state index contributed by atoms with van der Waals surface area (Å²) in [5.74, 6) is 0.227. The lowest BCUT2D eigenvalue weighted by Gasteiger charge is -2.18. The monoisotopic (exact) mass is 277 g/mol. The Labute approximate surface area is 118 Å². The molecule has 5 heteroatoms. The number of ether oxygens (including phenoxy) is 1. The second kappa shape index (κ2) is 6.52. The first-order valence-electron chi connectivity index (χ1n) is 6.72.